The number of nitro benzene ring substituents is 1. The monoisotopic (exact) mass is 493 g/mol. The van der Waals surface area contributed by atoms with Crippen LogP contribution >= 0.6 is 0 Å². The van der Waals surface area contributed by atoms with Gasteiger partial charge in [-0.15, -0.1) is 0 Å². The van der Waals surface area contributed by atoms with Crippen molar-refractivity contribution in [1.29, 1.82) is 0 Å². The number of benzene rings is 3. The highest BCUT2D eigenvalue weighted by atomic mass is 16.6. The van der Waals surface area contributed by atoms with E-state index in [1.807, 2.05) is 69.6 Å². The van der Waals surface area contributed by atoms with Crippen molar-refractivity contribution in [3.05, 3.63) is 106 Å². The largest absolute Gasteiger partial charge is 0.457 e. The van der Waals surface area contributed by atoms with Crippen LogP contribution in [0.15, 0.2) is 79.0 Å². The molecule has 9 heteroatoms. The maximum absolute atomic E-state index is 13.5. The number of rotatable bonds is 6. The van der Waals surface area contributed by atoms with E-state index >= 15 is 0 Å². The van der Waals surface area contributed by atoms with Gasteiger partial charge in [-0.3, -0.25) is 19.6 Å². The zero-order valence-electron chi connectivity index (χ0n) is 20.4. The van der Waals surface area contributed by atoms with Crippen LogP contribution in [0.25, 0.3) is 22.2 Å². The van der Waals surface area contributed by atoms with Crippen LogP contribution in [0, 0.1) is 24.0 Å². The molecule has 9 nitrogen and oxygen atoms in total. The van der Waals surface area contributed by atoms with E-state index in [2.05, 4.69) is 10.4 Å². The minimum atomic E-state index is -0.524. The minimum absolute atomic E-state index is 0.202. The highest BCUT2D eigenvalue weighted by Gasteiger charge is 2.18. The lowest BCUT2D eigenvalue weighted by Gasteiger charge is -2.12. The van der Waals surface area contributed by atoms with E-state index in [0.29, 0.717) is 27.9 Å². The molecular formula is C28H23N5O4. The molecule has 0 aliphatic heterocycles. The number of para-hydroxylation sites is 1. The number of carbonyl (C=O) groups excluding carboxylic acids is 1. The standard InChI is InChI=1S/C28H23N5O4/c1-17-7-6-8-21(11-17)37-22-13-19(12-20(14-22)33(35)36)29-28(34)24-15-27(25-16-32(3)31-18(25)2)30-26-10-5-4-9-23(24)26/h4-16H,1-3H3,(H,29,34). The Morgan fingerprint density at radius 3 is 2.54 bits per heavy atom. The molecule has 0 aliphatic rings. The number of aromatic nitrogens is 3. The summed E-state index contributed by atoms with van der Waals surface area (Å²) in [5.74, 6) is 0.346. The van der Waals surface area contributed by atoms with Crippen molar-refractivity contribution in [2.75, 3.05) is 5.32 Å². The fourth-order valence-corrected chi connectivity index (χ4v) is 4.19. The van der Waals surface area contributed by atoms with Gasteiger partial charge in [0.2, 0.25) is 0 Å². The van der Waals surface area contributed by atoms with Gasteiger partial charge >= 0.3 is 0 Å². The Morgan fingerprint density at radius 1 is 1.00 bits per heavy atom. The van der Waals surface area contributed by atoms with Gasteiger partial charge in [0.1, 0.15) is 11.5 Å². The number of amides is 1. The summed E-state index contributed by atoms with van der Waals surface area (Å²) in [7, 11) is 1.82. The fraction of sp³-hybridized carbons (Fsp3) is 0.107. The molecule has 3 aromatic carbocycles. The average Bonchev–Trinajstić information content (AvgIpc) is 3.20. The van der Waals surface area contributed by atoms with Crippen LogP contribution in [0.5, 0.6) is 11.5 Å². The van der Waals surface area contributed by atoms with Gasteiger partial charge in [0.25, 0.3) is 11.6 Å². The first kappa shape index (κ1) is 23.7. The van der Waals surface area contributed by atoms with Gasteiger partial charge in [0.15, 0.2) is 0 Å². The van der Waals surface area contributed by atoms with Crippen molar-refractivity contribution < 1.29 is 14.5 Å². The number of hydrogen-bond acceptors (Lipinski definition) is 6. The molecule has 37 heavy (non-hydrogen) atoms. The third-order valence-corrected chi connectivity index (χ3v) is 5.84. The summed E-state index contributed by atoms with van der Waals surface area (Å²) in [4.78, 5) is 29.3. The second-order valence-electron chi connectivity index (χ2n) is 8.72. The molecule has 0 atom stereocenters. The van der Waals surface area contributed by atoms with Crippen LogP contribution < -0.4 is 10.1 Å². The average molecular weight is 494 g/mol. The molecule has 0 fully saturated rings. The van der Waals surface area contributed by atoms with Crippen LogP contribution in [-0.4, -0.2) is 25.6 Å². The highest BCUT2D eigenvalue weighted by molar-refractivity contribution is 6.13. The lowest BCUT2D eigenvalue weighted by molar-refractivity contribution is -0.384. The van der Waals surface area contributed by atoms with Crippen LogP contribution in [0.2, 0.25) is 0 Å². The molecule has 184 valence electrons. The summed E-state index contributed by atoms with van der Waals surface area (Å²) in [6, 6.07) is 20.6. The number of fused-ring (bicyclic) bond motifs is 1. The first-order valence-corrected chi connectivity index (χ1v) is 11.5. The first-order valence-electron chi connectivity index (χ1n) is 11.5. The molecule has 5 aromatic rings. The van der Waals surface area contributed by atoms with Gasteiger partial charge < -0.3 is 10.1 Å². The number of hydrogen-bond donors (Lipinski definition) is 1. The second-order valence-corrected chi connectivity index (χ2v) is 8.72. The third kappa shape index (κ3) is 5.01. The predicted molar refractivity (Wildman–Crippen MR) is 141 cm³/mol. The van der Waals surface area contributed by atoms with Crippen molar-refractivity contribution in [3.8, 4) is 22.8 Å². The van der Waals surface area contributed by atoms with Crippen molar-refractivity contribution >= 4 is 28.2 Å². The van der Waals surface area contributed by atoms with Crippen LogP contribution in [0.4, 0.5) is 11.4 Å². The number of nitrogens with one attached hydrogen (secondary N) is 1. The summed E-state index contributed by atoms with van der Waals surface area (Å²) in [6.07, 6.45) is 1.85. The molecule has 0 saturated heterocycles. The molecule has 1 amide bonds. The fourth-order valence-electron chi connectivity index (χ4n) is 4.19. The summed E-state index contributed by atoms with van der Waals surface area (Å²) >= 11 is 0. The highest BCUT2D eigenvalue weighted by Crippen LogP contribution is 2.32. The predicted octanol–water partition coefficient (Wildman–Crippen LogP) is 6.20. The second kappa shape index (κ2) is 9.54. The Kier molecular flexibility index (Phi) is 6.10. The van der Waals surface area contributed by atoms with E-state index in [1.165, 1.54) is 12.1 Å². The summed E-state index contributed by atoms with van der Waals surface area (Å²) in [5, 5.41) is 19.5. The Balaban J connectivity index is 1.54. The van der Waals surface area contributed by atoms with Gasteiger partial charge in [-0.05, 0) is 43.7 Å². The third-order valence-electron chi connectivity index (χ3n) is 5.84. The Labute approximate surface area is 212 Å². The maximum Gasteiger partial charge on any atom is 0.275 e. The lowest BCUT2D eigenvalue weighted by Crippen LogP contribution is -2.13. The topological polar surface area (TPSA) is 112 Å². The lowest BCUT2D eigenvalue weighted by atomic mass is 10.0. The summed E-state index contributed by atoms with van der Waals surface area (Å²) in [6.45, 7) is 3.80. The van der Waals surface area contributed by atoms with E-state index in [0.717, 1.165) is 16.8 Å². The van der Waals surface area contributed by atoms with Crippen molar-refractivity contribution in [2.45, 2.75) is 13.8 Å². The maximum atomic E-state index is 13.5. The molecule has 2 heterocycles. The number of nitro groups is 1. The molecule has 0 bridgehead atoms. The van der Waals surface area contributed by atoms with E-state index < -0.39 is 10.8 Å². The Hall–Kier alpha value is -5.05. The minimum Gasteiger partial charge on any atom is -0.457 e. The SMILES string of the molecule is Cc1cccc(Oc2cc(NC(=O)c3cc(-c4cn(C)nc4C)nc4ccccc34)cc([N+](=O)[O-])c2)c1. The number of carbonyl (C=O) groups is 1. The number of nitrogens with zero attached hydrogens (tertiary/aromatic N) is 4. The molecular weight excluding hydrogens is 470 g/mol. The number of non-ortho nitro benzene ring substituents is 1. The molecule has 0 saturated carbocycles. The molecule has 0 aliphatic carbocycles. The Morgan fingerprint density at radius 2 is 1.81 bits per heavy atom. The van der Waals surface area contributed by atoms with Gasteiger partial charge in [-0.1, -0.05) is 30.3 Å². The summed E-state index contributed by atoms with van der Waals surface area (Å²) < 4.78 is 7.56. The Bertz CT molecular complexity index is 1680. The molecule has 0 spiro atoms. The first-order chi connectivity index (χ1) is 17.8. The zero-order valence-corrected chi connectivity index (χ0v) is 20.4. The molecule has 2 aromatic heterocycles. The quantitative estimate of drug-likeness (QED) is 0.222. The van der Waals surface area contributed by atoms with E-state index in [-0.39, 0.29) is 17.1 Å². The van der Waals surface area contributed by atoms with Crippen molar-refractivity contribution in [2.24, 2.45) is 7.05 Å². The molecule has 0 radical (unpaired) electrons. The van der Waals surface area contributed by atoms with Crippen LogP contribution in [0.1, 0.15) is 21.6 Å². The van der Waals surface area contributed by atoms with Gasteiger partial charge in [-0.25, -0.2) is 4.98 Å². The normalized spacial score (nSPS) is 10.9. The van der Waals surface area contributed by atoms with E-state index in [4.69, 9.17) is 9.72 Å². The van der Waals surface area contributed by atoms with Gasteiger partial charge in [0.05, 0.1) is 39.1 Å². The number of anilines is 1. The molecule has 0 unspecified atom stereocenters. The number of ether oxygens (including phenoxy) is 1. The van der Waals surface area contributed by atoms with E-state index in [9.17, 15) is 14.9 Å². The molecule has 1 N–H and O–H groups in total. The number of pyridine rings is 1. The van der Waals surface area contributed by atoms with Crippen molar-refractivity contribution in [3.63, 3.8) is 0 Å². The van der Waals surface area contributed by atoms with Gasteiger partial charge in [0, 0.05) is 36.3 Å². The van der Waals surface area contributed by atoms with Crippen molar-refractivity contribution in [1.82, 2.24) is 14.8 Å². The smallest absolute Gasteiger partial charge is 0.275 e. The van der Waals surface area contributed by atoms with Gasteiger partial charge in [-0.2, -0.15) is 5.10 Å². The van der Waals surface area contributed by atoms with E-state index in [1.54, 1.807) is 22.9 Å². The zero-order chi connectivity index (χ0) is 26.1. The summed E-state index contributed by atoms with van der Waals surface area (Å²) in [5.41, 5.74) is 4.26. The number of aryl methyl sites for hydroxylation is 3. The van der Waals surface area contributed by atoms with Crippen LogP contribution in [-0.2, 0) is 7.05 Å². The molecule has 5 rings (SSSR count). The van der Waals surface area contributed by atoms with Crippen LogP contribution in [0.3, 0.4) is 0 Å².